The van der Waals surface area contributed by atoms with Crippen LogP contribution in [0.25, 0.3) is 0 Å². The second-order valence-electron chi connectivity index (χ2n) is 8.92. The average molecular weight is 555 g/mol. The highest BCUT2D eigenvalue weighted by Gasteiger charge is 2.06. The van der Waals surface area contributed by atoms with E-state index in [-0.39, 0.29) is 0 Å². The van der Waals surface area contributed by atoms with Crippen LogP contribution in [0.2, 0.25) is 0 Å². The van der Waals surface area contributed by atoms with Crippen LogP contribution >= 0.6 is 0 Å². The van der Waals surface area contributed by atoms with Gasteiger partial charge in [0, 0.05) is 6.20 Å². The van der Waals surface area contributed by atoms with E-state index in [0.717, 1.165) is 0 Å². The molecule has 6 heterocycles. The molecule has 0 spiro atoms. The summed E-state index contributed by atoms with van der Waals surface area (Å²) in [6, 6.07) is 33.5. The van der Waals surface area contributed by atoms with Crippen molar-refractivity contribution in [1.82, 2.24) is 29.9 Å². The van der Waals surface area contributed by atoms with Crippen LogP contribution < -0.4 is 32.3 Å². The maximum absolute atomic E-state index is 5.77. The highest BCUT2D eigenvalue weighted by atomic mass is 15.2. The zero-order valence-electron chi connectivity index (χ0n) is 22.2. The van der Waals surface area contributed by atoms with Gasteiger partial charge in [0.05, 0.1) is 0 Å². The lowest BCUT2D eigenvalue weighted by Gasteiger charge is -2.11. The van der Waals surface area contributed by atoms with Crippen LogP contribution in [0, 0.1) is 0 Å². The van der Waals surface area contributed by atoms with E-state index in [2.05, 4.69) is 56.5 Å². The molecule has 0 amide bonds. The van der Waals surface area contributed by atoms with Crippen molar-refractivity contribution in [3.63, 3.8) is 0 Å². The Morgan fingerprint density at radius 2 is 0.643 bits per heavy atom. The second-order valence-corrected chi connectivity index (χ2v) is 8.92. The first-order valence-electron chi connectivity index (χ1n) is 13.0. The van der Waals surface area contributed by atoms with Crippen LogP contribution in [0.4, 0.5) is 64.0 Å². The first-order valence-corrected chi connectivity index (χ1v) is 13.0. The third-order valence-electron chi connectivity index (χ3n) is 5.71. The van der Waals surface area contributed by atoms with Crippen LogP contribution in [0.3, 0.4) is 0 Å². The van der Waals surface area contributed by atoms with Crippen molar-refractivity contribution in [3.8, 4) is 0 Å². The minimum absolute atomic E-state index is 0.429. The standard InChI is InChI=1S/C30H26N12/c31-20-8-3-10-22(33-20)35-24-12-5-14-26(37-24)39-28-16-7-18-30(41-28)42-29-17-6-15-27(40-29)38-25-13-4-11-23(36-25)34-21-9-1-2-19-32-21/h1-19H,(H7,31,32,33,34,35,36,37,38,39,40,41,42). The Labute approximate surface area is 241 Å². The molecule has 6 aromatic rings. The molecule has 0 fully saturated rings. The van der Waals surface area contributed by atoms with Crippen molar-refractivity contribution in [1.29, 1.82) is 0 Å². The summed E-state index contributed by atoms with van der Waals surface area (Å²) in [7, 11) is 0. The van der Waals surface area contributed by atoms with Gasteiger partial charge in [-0.3, -0.25) is 0 Å². The van der Waals surface area contributed by atoms with Gasteiger partial charge in [0.15, 0.2) is 0 Å². The lowest BCUT2D eigenvalue weighted by Crippen LogP contribution is -2.03. The van der Waals surface area contributed by atoms with E-state index in [4.69, 9.17) is 5.73 Å². The van der Waals surface area contributed by atoms with Gasteiger partial charge >= 0.3 is 0 Å². The zero-order valence-corrected chi connectivity index (χ0v) is 22.2. The van der Waals surface area contributed by atoms with E-state index in [9.17, 15) is 0 Å². The molecule has 42 heavy (non-hydrogen) atoms. The number of rotatable bonds is 10. The average Bonchev–Trinajstić information content (AvgIpc) is 2.99. The summed E-state index contributed by atoms with van der Waals surface area (Å²) in [5, 5.41) is 16.1. The second kappa shape index (κ2) is 12.3. The molecule has 0 saturated heterocycles. The molecule has 0 unspecified atom stereocenters. The number of aromatic nitrogens is 6. The summed E-state index contributed by atoms with van der Waals surface area (Å²) in [6.07, 6.45) is 1.72. The number of hydrogen-bond acceptors (Lipinski definition) is 12. The van der Waals surface area contributed by atoms with Crippen LogP contribution in [-0.4, -0.2) is 29.9 Å². The van der Waals surface area contributed by atoms with Gasteiger partial charge in [0.25, 0.3) is 0 Å². The highest BCUT2D eigenvalue weighted by Crippen LogP contribution is 2.22. The van der Waals surface area contributed by atoms with Gasteiger partial charge in [-0.25, -0.2) is 29.9 Å². The van der Waals surface area contributed by atoms with Crippen molar-refractivity contribution in [2.45, 2.75) is 0 Å². The maximum Gasteiger partial charge on any atom is 0.133 e. The summed E-state index contributed by atoms with van der Waals surface area (Å²) >= 11 is 0. The molecular weight excluding hydrogens is 528 g/mol. The first kappa shape index (κ1) is 26.0. The molecular formula is C30H26N12. The molecule has 12 heteroatoms. The molecule has 0 aromatic carbocycles. The van der Waals surface area contributed by atoms with Gasteiger partial charge in [-0.05, 0) is 72.8 Å². The SMILES string of the molecule is Nc1cccc(Nc2cccc(Nc3cccc(Nc4cccc(Nc5cccc(Nc6ccccn6)n5)n4)n3)n2)n1. The first-order chi connectivity index (χ1) is 20.6. The van der Waals surface area contributed by atoms with Gasteiger partial charge < -0.3 is 32.3 Å². The summed E-state index contributed by atoms with van der Waals surface area (Å²) < 4.78 is 0. The van der Waals surface area contributed by atoms with Gasteiger partial charge in [-0.15, -0.1) is 0 Å². The molecule has 206 valence electrons. The number of nitrogens with one attached hydrogen (secondary N) is 5. The fourth-order valence-corrected chi connectivity index (χ4v) is 3.91. The molecule has 0 aliphatic rings. The number of nitrogens with two attached hydrogens (primary N) is 1. The number of nitrogen functional groups attached to an aromatic ring is 1. The molecule has 0 radical (unpaired) electrons. The van der Waals surface area contributed by atoms with Crippen LogP contribution in [0.1, 0.15) is 0 Å². The number of anilines is 11. The van der Waals surface area contributed by atoms with Crippen LogP contribution in [-0.2, 0) is 0 Å². The van der Waals surface area contributed by atoms with E-state index < -0.39 is 0 Å². The van der Waals surface area contributed by atoms with E-state index >= 15 is 0 Å². The van der Waals surface area contributed by atoms with Crippen molar-refractivity contribution >= 4 is 64.0 Å². The normalized spacial score (nSPS) is 10.5. The minimum atomic E-state index is 0.429. The smallest absolute Gasteiger partial charge is 0.133 e. The number of nitrogens with zero attached hydrogens (tertiary/aromatic N) is 6. The highest BCUT2D eigenvalue weighted by molar-refractivity contribution is 5.63. The maximum atomic E-state index is 5.77. The Kier molecular flexibility index (Phi) is 7.57. The third kappa shape index (κ3) is 7.01. The topological polar surface area (TPSA) is 164 Å². The largest absolute Gasteiger partial charge is 0.384 e. The molecule has 12 nitrogen and oxygen atoms in total. The Morgan fingerprint density at radius 3 is 0.976 bits per heavy atom. The molecule has 7 N–H and O–H groups in total. The van der Waals surface area contributed by atoms with Gasteiger partial charge in [0.2, 0.25) is 0 Å². The van der Waals surface area contributed by atoms with Crippen molar-refractivity contribution in [3.05, 3.63) is 115 Å². The van der Waals surface area contributed by atoms with E-state index in [0.29, 0.717) is 64.0 Å². The van der Waals surface area contributed by atoms with Crippen LogP contribution in [0.5, 0.6) is 0 Å². The summed E-state index contributed by atoms with van der Waals surface area (Å²) in [5.74, 6) is 6.76. The Bertz CT molecular complexity index is 1800. The van der Waals surface area contributed by atoms with Crippen molar-refractivity contribution in [2.75, 3.05) is 32.3 Å². The third-order valence-corrected chi connectivity index (χ3v) is 5.71. The van der Waals surface area contributed by atoms with E-state index in [1.807, 2.05) is 103 Å². The van der Waals surface area contributed by atoms with E-state index in [1.54, 1.807) is 12.3 Å². The van der Waals surface area contributed by atoms with Gasteiger partial charge in [-0.1, -0.05) is 36.4 Å². The minimum Gasteiger partial charge on any atom is -0.384 e. The lowest BCUT2D eigenvalue weighted by atomic mass is 10.3. The molecule has 6 rings (SSSR count). The quantitative estimate of drug-likeness (QED) is 0.111. The molecule has 0 atom stereocenters. The lowest BCUT2D eigenvalue weighted by molar-refractivity contribution is 1.21. The summed E-state index contributed by atoms with van der Waals surface area (Å²) in [5.41, 5.74) is 5.77. The van der Waals surface area contributed by atoms with Crippen molar-refractivity contribution < 1.29 is 0 Å². The fraction of sp³-hybridized carbons (Fsp3) is 0. The van der Waals surface area contributed by atoms with Crippen LogP contribution in [0.15, 0.2) is 115 Å². The monoisotopic (exact) mass is 554 g/mol. The van der Waals surface area contributed by atoms with Gasteiger partial charge in [-0.2, -0.15) is 0 Å². The molecule has 6 aromatic heterocycles. The van der Waals surface area contributed by atoms with E-state index in [1.165, 1.54) is 0 Å². The predicted molar refractivity (Wildman–Crippen MR) is 166 cm³/mol. The summed E-state index contributed by atoms with van der Waals surface area (Å²) in [4.78, 5) is 27.0. The Morgan fingerprint density at radius 1 is 0.333 bits per heavy atom. The fourth-order valence-electron chi connectivity index (χ4n) is 3.91. The molecule has 0 bridgehead atoms. The summed E-state index contributed by atoms with van der Waals surface area (Å²) in [6.45, 7) is 0. The Balaban J connectivity index is 1.10. The predicted octanol–water partition coefficient (Wildman–Crippen LogP) is 6.36. The van der Waals surface area contributed by atoms with Crippen molar-refractivity contribution in [2.24, 2.45) is 0 Å². The zero-order chi connectivity index (χ0) is 28.6. The molecule has 0 aliphatic carbocycles. The molecule has 0 saturated carbocycles. The Hall–Kier alpha value is -6.30. The molecule has 0 aliphatic heterocycles. The number of pyridine rings is 6. The number of hydrogen-bond donors (Lipinski definition) is 6. The van der Waals surface area contributed by atoms with Gasteiger partial charge in [0.1, 0.15) is 64.0 Å².